The lowest BCUT2D eigenvalue weighted by atomic mass is 9.94. The quantitative estimate of drug-likeness (QED) is 0.686. The zero-order chi connectivity index (χ0) is 18.8. The minimum absolute atomic E-state index is 0.0984. The molecule has 0 amide bonds. The van der Waals surface area contributed by atoms with E-state index < -0.39 is 0 Å². The fourth-order valence-electron chi connectivity index (χ4n) is 3.81. The van der Waals surface area contributed by atoms with E-state index in [9.17, 15) is 0 Å². The van der Waals surface area contributed by atoms with Crippen LogP contribution in [0, 0.1) is 0 Å². The van der Waals surface area contributed by atoms with Gasteiger partial charge >= 0.3 is 0 Å². The Labute approximate surface area is 159 Å². The summed E-state index contributed by atoms with van der Waals surface area (Å²) in [5.74, 6) is 2.45. The van der Waals surface area contributed by atoms with Crippen LogP contribution in [0.2, 0.25) is 0 Å². The molecule has 0 saturated heterocycles. The summed E-state index contributed by atoms with van der Waals surface area (Å²) in [4.78, 5) is 3.61. The molecule has 1 aliphatic heterocycles. The fraction of sp³-hybridized carbons (Fsp3) is 0.364. The molecule has 2 N–H and O–H groups in total. The molecule has 4 rings (SSSR count). The van der Waals surface area contributed by atoms with Crippen molar-refractivity contribution in [3.05, 3.63) is 53.2 Å². The molecule has 0 bridgehead atoms. The number of hydrogen-bond acceptors (Lipinski definition) is 4. The Morgan fingerprint density at radius 1 is 1.04 bits per heavy atom. The van der Waals surface area contributed by atoms with Crippen molar-refractivity contribution in [2.45, 2.75) is 25.8 Å². The molecule has 1 atom stereocenters. The molecule has 27 heavy (non-hydrogen) atoms. The number of H-pyrrole nitrogens is 1. The maximum atomic E-state index is 5.80. The van der Waals surface area contributed by atoms with Crippen LogP contribution in [0.5, 0.6) is 17.2 Å². The summed E-state index contributed by atoms with van der Waals surface area (Å²) in [6.07, 6.45) is 1.96. The molecule has 2 heterocycles. The van der Waals surface area contributed by atoms with Gasteiger partial charge in [0.05, 0.1) is 26.9 Å². The number of aromatic amines is 1. The number of aromatic nitrogens is 1. The second kappa shape index (κ2) is 7.53. The summed E-state index contributed by atoms with van der Waals surface area (Å²) in [7, 11) is 3.39. The van der Waals surface area contributed by atoms with Crippen LogP contribution in [-0.4, -0.2) is 32.4 Å². The molecule has 1 unspecified atom stereocenters. The summed E-state index contributed by atoms with van der Waals surface area (Å²) in [6.45, 7) is 3.71. The second-order valence-electron chi connectivity index (χ2n) is 6.82. The van der Waals surface area contributed by atoms with Crippen LogP contribution in [-0.2, 0) is 6.42 Å². The third-order valence-corrected chi connectivity index (χ3v) is 5.14. The fourth-order valence-corrected chi connectivity index (χ4v) is 3.81. The third-order valence-electron chi connectivity index (χ3n) is 5.14. The van der Waals surface area contributed by atoms with Gasteiger partial charge in [-0.05, 0) is 54.3 Å². The largest absolute Gasteiger partial charge is 0.497 e. The summed E-state index contributed by atoms with van der Waals surface area (Å²) in [5.41, 5.74) is 4.88. The van der Waals surface area contributed by atoms with Crippen molar-refractivity contribution in [3.8, 4) is 17.2 Å². The van der Waals surface area contributed by atoms with E-state index in [1.807, 2.05) is 12.1 Å². The maximum absolute atomic E-state index is 5.80. The summed E-state index contributed by atoms with van der Waals surface area (Å²) in [5, 5.41) is 4.88. The van der Waals surface area contributed by atoms with Gasteiger partial charge in [-0.3, -0.25) is 0 Å². The smallest absolute Gasteiger partial charge is 0.161 e. The Bertz CT molecular complexity index is 948. The minimum atomic E-state index is 0.0984. The molecule has 0 fully saturated rings. The molecule has 5 heteroatoms. The molecule has 5 nitrogen and oxygen atoms in total. The molecular formula is C22H26N2O3. The molecule has 2 aromatic carbocycles. The topological polar surface area (TPSA) is 55.5 Å². The van der Waals surface area contributed by atoms with Crippen molar-refractivity contribution in [2.24, 2.45) is 0 Å². The summed E-state index contributed by atoms with van der Waals surface area (Å²) in [6, 6.07) is 12.5. The SMILES string of the molecule is CCCOc1ccc(C2NCCc3c2[nH]c2ccc(OC)cc32)cc1OC. The highest BCUT2D eigenvalue weighted by Gasteiger charge is 2.26. The Balaban J connectivity index is 1.74. The lowest BCUT2D eigenvalue weighted by Gasteiger charge is -2.25. The Hall–Kier alpha value is -2.66. The van der Waals surface area contributed by atoms with Crippen LogP contribution in [0.3, 0.4) is 0 Å². The molecular weight excluding hydrogens is 340 g/mol. The van der Waals surface area contributed by atoms with Gasteiger partial charge in [-0.25, -0.2) is 0 Å². The van der Waals surface area contributed by atoms with Crippen molar-refractivity contribution in [1.29, 1.82) is 0 Å². The molecule has 3 aromatic rings. The van der Waals surface area contributed by atoms with Crippen molar-refractivity contribution in [1.82, 2.24) is 10.3 Å². The third kappa shape index (κ3) is 3.23. The Morgan fingerprint density at radius 3 is 2.70 bits per heavy atom. The highest BCUT2D eigenvalue weighted by molar-refractivity contribution is 5.86. The van der Waals surface area contributed by atoms with Gasteiger partial charge in [0.2, 0.25) is 0 Å². The molecule has 0 saturated carbocycles. The van der Waals surface area contributed by atoms with Crippen LogP contribution in [0.1, 0.15) is 36.2 Å². The van der Waals surface area contributed by atoms with E-state index in [-0.39, 0.29) is 6.04 Å². The number of fused-ring (bicyclic) bond motifs is 3. The average Bonchev–Trinajstić information content (AvgIpc) is 3.10. The van der Waals surface area contributed by atoms with Crippen molar-refractivity contribution in [3.63, 3.8) is 0 Å². The lowest BCUT2D eigenvalue weighted by Crippen LogP contribution is -2.30. The molecule has 0 aliphatic carbocycles. The van der Waals surface area contributed by atoms with E-state index in [0.717, 1.165) is 47.7 Å². The normalized spacial score (nSPS) is 16.2. The van der Waals surface area contributed by atoms with Crippen molar-refractivity contribution < 1.29 is 14.2 Å². The lowest BCUT2D eigenvalue weighted by molar-refractivity contribution is 0.294. The first-order valence-corrected chi connectivity index (χ1v) is 9.47. The van der Waals surface area contributed by atoms with Gasteiger partial charge in [0.25, 0.3) is 0 Å². The molecule has 0 spiro atoms. The zero-order valence-corrected chi connectivity index (χ0v) is 16.1. The van der Waals surface area contributed by atoms with Gasteiger partial charge in [0, 0.05) is 23.1 Å². The maximum Gasteiger partial charge on any atom is 0.161 e. The van der Waals surface area contributed by atoms with Crippen molar-refractivity contribution >= 4 is 10.9 Å². The summed E-state index contributed by atoms with van der Waals surface area (Å²) >= 11 is 0. The van der Waals surface area contributed by atoms with Gasteiger partial charge < -0.3 is 24.5 Å². The van der Waals surface area contributed by atoms with Crippen LogP contribution < -0.4 is 19.5 Å². The van der Waals surface area contributed by atoms with E-state index in [0.29, 0.717) is 6.61 Å². The van der Waals surface area contributed by atoms with Gasteiger partial charge in [-0.15, -0.1) is 0 Å². The van der Waals surface area contributed by atoms with E-state index in [2.05, 4.69) is 41.5 Å². The number of methoxy groups -OCH3 is 2. The molecule has 0 radical (unpaired) electrons. The van der Waals surface area contributed by atoms with Gasteiger partial charge in [0.1, 0.15) is 5.75 Å². The van der Waals surface area contributed by atoms with Crippen LogP contribution in [0.4, 0.5) is 0 Å². The molecule has 142 valence electrons. The number of nitrogens with one attached hydrogen (secondary N) is 2. The number of hydrogen-bond donors (Lipinski definition) is 2. The van der Waals surface area contributed by atoms with E-state index >= 15 is 0 Å². The second-order valence-corrected chi connectivity index (χ2v) is 6.82. The highest BCUT2D eigenvalue weighted by atomic mass is 16.5. The van der Waals surface area contributed by atoms with Crippen molar-refractivity contribution in [2.75, 3.05) is 27.4 Å². The zero-order valence-electron chi connectivity index (χ0n) is 16.1. The summed E-state index contributed by atoms with van der Waals surface area (Å²) < 4.78 is 16.8. The van der Waals surface area contributed by atoms with Gasteiger partial charge in [-0.1, -0.05) is 13.0 Å². The first-order valence-electron chi connectivity index (χ1n) is 9.47. The monoisotopic (exact) mass is 366 g/mol. The average molecular weight is 366 g/mol. The predicted molar refractivity (Wildman–Crippen MR) is 107 cm³/mol. The Kier molecular flexibility index (Phi) is 4.94. The standard InChI is InChI=1S/C22H26N2O3/c1-4-11-27-19-8-5-14(12-20(19)26-3)21-22-16(9-10-23-21)17-13-15(25-2)6-7-18(17)24-22/h5-8,12-13,21,23-24H,4,9-11H2,1-3H3. The van der Waals surface area contributed by atoms with E-state index in [1.54, 1.807) is 14.2 Å². The van der Waals surface area contributed by atoms with Gasteiger partial charge in [0.15, 0.2) is 11.5 Å². The molecule has 1 aromatic heterocycles. The van der Waals surface area contributed by atoms with Gasteiger partial charge in [-0.2, -0.15) is 0 Å². The molecule has 1 aliphatic rings. The minimum Gasteiger partial charge on any atom is -0.497 e. The van der Waals surface area contributed by atoms with E-state index in [1.165, 1.54) is 16.6 Å². The predicted octanol–water partition coefficient (Wildman–Crippen LogP) is 4.21. The van der Waals surface area contributed by atoms with Crippen LogP contribution in [0.25, 0.3) is 10.9 Å². The van der Waals surface area contributed by atoms with Crippen LogP contribution in [0.15, 0.2) is 36.4 Å². The van der Waals surface area contributed by atoms with Crippen LogP contribution >= 0.6 is 0 Å². The first kappa shape index (κ1) is 17.7. The number of rotatable bonds is 6. The highest BCUT2D eigenvalue weighted by Crippen LogP contribution is 2.37. The number of benzene rings is 2. The Morgan fingerprint density at radius 2 is 1.93 bits per heavy atom. The number of ether oxygens (including phenoxy) is 3. The first-order chi connectivity index (χ1) is 13.2. The van der Waals surface area contributed by atoms with E-state index in [4.69, 9.17) is 14.2 Å².